The SMILES string of the molecule is CCNC(Cc1c(Cl)cccc1Cl)C(C)(C)N(CC)CC. The fourth-order valence-electron chi connectivity index (χ4n) is 3.01. The van der Waals surface area contributed by atoms with Gasteiger partial charge in [-0.3, -0.25) is 4.90 Å². The molecule has 0 amide bonds. The number of nitrogens with one attached hydrogen (secondary N) is 1. The average Bonchev–Trinajstić information content (AvgIpc) is 2.42. The van der Waals surface area contributed by atoms with Crippen molar-refractivity contribution in [3.8, 4) is 0 Å². The maximum Gasteiger partial charge on any atom is 0.0453 e. The lowest BCUT2D eigenvalue weighted by Crippen LogP contribution is -2.58. The molecule has 0 spiro atoms. The smallest absolute Gasteiger partial charge is 0.0453 e. The van der Waals surface area contributed by atoms with Crippen LogP contribution in [0.5, 0.6) is 0 Å². The molecule has 1 N–H and O–H groups in total. The van der Waals surface area contributed by atoms with Crippen molar-refractivity contribution < 1.29 is 0 Å². The first kappa shape index (κ1) is 18.8. The van der Waals surface area contributed by atoms with Crippen LogP contribution in [-0.4, -0.2) is 36.1 Å². The Labute approximate surface area is 139 Å². The zero-order chi connectivity index (χ0) is 16.0. The summed E-state index contributed by atoms with van der Waals surface area (Å²) >= 11 is 12.7. The van der Waals surface area contributed by atoms with Gasteiger partial charge in [-0.25, -0.2) is 0 Å². The van der Waals surface area contributed by atoms with E-state index in [0.717, 1.165) is 41.7 Å². The van der Waals surface area contributed by atoms with Gasteiger partial charge in [0.1, 0.15) is 0 Å². The molecule has 2 nitrogen and oxygen atoms in total. The van der Waals surface area contributed by atoms with Crippen molar-refractivity contribution in [2.45, 2.75) is 52.6 Å². The third kappa shape index (κ3) is 4.59. The van der Waals surface area contributed by atoms with Crippen LogP contribution in [0.15, 0.2) is 18.2 Å². The van der Waals surface area contributed by atoms with Crippen LogP contribution in [0.1, 0.15) is 40.2 Å². The molecule has 0 radical (unpaired) electrons. The first-order valence-corrected chi connectivity index (χ1v) is 8.55. The fraction of sp³-hybridized carbons (Fsp3) is 0.647. The van der Waals surface area contributed by atoms with Gasteiger partial charge in [-0.15, -0.1) is 0 Å². The van der Waals surface area contributed by atoms with Crippen molar-refractivity contribution in [3.05, 3.63) is 33.8 Å². The number of likely N-dealkylation sites (N-methyl/N-ethyl adjacent to an activating group) is 2. The number of benzene rings is 1. The van der Waals surface area contributed by atoms with Gasteiger partial charge in [0.15, 0.2) is 0 Å². The molecule has 0 saturated carbocycles. The Hall–Kier alpha value is -0.280. The van der Waals surface area contributed by atoms with E-state index in [4.69, 9.17) is 23.2 Å². The Kier molecular flexibility index (Phi) is 7.49. The van der Waals surface area contributed by atoms with E-state index >= 15 is 0 Å². The minimum atomic E-state index is 0.0298. The van der Waals surface area contributed by atoms with Gasteiger partial charge in [0.05, 0.1) is 0 Å². The summed E-state index contributed by atoms with van der Waals surface area (Å²) < 4.78 is 0. The second-order valence-electron chi connectivity index (χ2n) is 5.84. The summed E-state index contributed by atoms with van der Waals surface area (Å²) in [4.78, 5) is 2.48. The summed E-state index contributed by atoms with van der Waals surface area (Å²) in [5, 5.41) is 5.12. The standard InChI is InChI=1S/C17H28Cl2N2/c1-6-20-16(17(4,5)21(7-2)8-3)12-13-14(18)10-9-11-15(13)19/h9-11,16,20H,6-8,12H2,1-5H3. The van der Waals surface area contributed by atoms with Crippen molar-refractivity contribution >= 4 is 23.2 Å². The molecule has 0 heterocycles. The maximum absolute atomic E-state index is 6.35. The average molecular weight is 331 g/mol. The van der Waals surface area contributed by atoms with E-state index in [1.807, 2.05) is 18.2 Å². The third-order valence-corrected chi connectivity index (χ3v) is 5.06. The zero-order valence-corrected chi connectivity index (χ0v) is 15.4. The molecule has 0 bridgehead atoms. The molecule has 0 aliphatic rings. The van der Waals surface area contributed by atoms with Gasteiger partial charge in [0.2, 0.25) is 0 Å². The van der Waals surface area contributed by atoms with Gasteiger partial charge >= 0.3 is 0 Å². The Morgan fingerprint density at radius 2 is 1.62 bits per heavy atom. The van der Waals surface area contributed by atoms with E-state index in [9.17, 15) is 0 Å². The molecule has 120 valence electrons. The van der Waals surface area contributed by atoms with Crippen LogP contribution in [-0.2, 0) is 6.42 Å². The van der Waals surface area contributed by atoms with E-state index in [2.05, 4.69) is 44.8 Å². The Balaban J connectivity index is 3.07. The van der Waals surface area contributed by atoms with Crippen LogP contribution in [0.4, 0.5) is 0 Å². The highest BCUT2D eigenvalue weighted by Crippen LogP contribution is 2.29. The molecule has 4 heteroatoms. The highest BCUT2D eigenvalue weighted by Gasteiger charge is 2.34. The van der Waals surface area contributed by atoms with Crippen molar-refractivity contribution in [3.63, 3.8) is 0 Å². The summed E-state index contributed by atoms with van der Waals surface area (Å²) in [6, 6.07) is 6.01. The molecule has 0 fully saturated rings. The van der Waals surface area contributed by atoms with Crippen LogP contribution in [0, 0.1) is 0 Å². The summed E-state index contributed by atoms with van der Waals surface area (Å²) in [7, 11) is 0. The minimum absolute atomic E-state index is 0.0298. The highest BCUT2D eigenvalue weighted by atomic mass is 35.5. The fourth-order valence-corrected chi connectivity index (χ4v) is 3.56. The van der Waals surface area contributed by atoms with Crippen molar-refractivity contribution in [2.24, 2.45) is 0 Å². The number of hydrogen-bond acceptors (Lipinski definition) is 2. The molecule has 0 aliphatic heterocycles. The largest absolute Gasteiger partial charge is 0.312 e. The monoisotopic (exact) mass is 330 g/mol. The first-order chi connectivity index (χ1) is 9.88. The molecule has 1 unspecified atom stereocenters. The highest BCUT2D eigenvalue weighted by molar-refractivity contribution is 6.36. The molecule has 0 aromatic heterocycles. The summed E-state index contributed by atoms with van der Waals surface area (Å²) in [6.45, 7) is 14.1. The molecule has 21 heavy (non-hydrogen) atoms. The van der Waals surface area contributed by atoms with Gasteiger partial charge < -0.3 is 5.32 Å². The van der Waals surface area contributed by atoms with Crippen molar-refractivity contribution in [1.82, 2.24) is 10.2 Å². The topological polar surface area (TPSA) is 15.3 Å². The molecule has 0 aliphatic carbocycles. The normalized spacial score (nSPS) is 13.7. The quantitative estimate of drug-likeness (QED) is 0.747. The number of halogens is 2. The molecule has 1 rings (SSSR count). The van der Waals surface area contributed by atoms with E-state index < -0.39 is 0 Å². The molecule has 1 aromatic rings. The third-order valence-electron chi connectivity index (χ3n) is 4.35. The van der Waals surface area contributed by atoms with Gasteiger partial charge in [-0.2, -0.15) is 0 Å². The maximum atomic E-state index is 6.35. The second kappa shape index (κ2) is 8.38. The van der Waals surface area contributed by atoms with Crippen LogP contribution in [0.25, 0.3) is 0 Å². The molecule has 1 aromatic carbocycles. The minimum Gasteiger partial charge on any atom is -0.312 e. The molecule has 0 saturated heterocycles. The van der Waals surface area contributed by atoms with Crippen molar-refractivity contribution in [1.29, 1.82) is 0 Å². The first-order valence-electron chi connectivity index (χ1n) is 7.79. The number of hydrogen-bond donors (Lipinski definition) is 1. The Bertz CT molecular complexity index is 422. The Morgan fingerprint density at radius 3 is 2.05 bits per heavy atom. The van der Waals surface area contributed by atoms with E-state index in [1.165, 1.54) is 0 Å². The van der Waals surface area contributed by atoms with E-state index in [-0.39, 0.29) is 5.54 Å². The van der Waals surface area contributed by atoms with Gasteiger partial charge in [0, 0.05) is 21.6 Å². The lowest BCUT2D eigenvalue weighted by molar-refractivity contribution is 0.0918. The van der Waals surface area contributed by atoms with Crippen LogP contribution in [0.2, 0.25) is 10.0 Å². The lowest BCUT2D eigenvalue weighted by atomic mass is 9.87. The summed E-state index contributed by atoms with van der Waals surface area (Å²) in [5.41, 5.74) is 1.06. The second-order valence-corrected chi connectivity index (χ2v) is 6.65. The summed E-state index contributed by atoms with van der Waals surface area (Å²) in [6.07, 6.45) is 0.829. The lowest BCUT2D eigenvalue weighted by Gasteiger charge is -2.44. The molecular formula is C17H28Cl2N2. The number of rotatable bonds is 8. The van der Waals surface area contributed by atoms with Crippen LogP contribution < -0.4 is 5.32 Å². The predicted octanol–water partition coefficient (Wildman–Crippen LogP) is 4.63. The summed E-state index contributed by atoms with van der Waals surface area (Å²) in [5.74, 6) is 0. The van der Waals surface area contributed by atoms with E-state index in [0.29, 0.717) is 6.04 Å². The van der Waals surface area contributed by atoms with Gasteiger partial charge in [0.25, 0.3) is 0 Å². The molecular weight excluding hydrogens is 303 g/mol. The predicted molar refractivity (Wildman–Crippen MR) is 94.6 cm³/mol. The number of nitrogens with zero attached hydrogens (tertiary/aromatic N) is 1. The molecule has 1 atom stereocenters. The van der Waals surface area contributed by atoms with Crippen LogP contribution >= 0.6 is 23.2 Å². The van der Waals surface area contributed by atoms with Crippen LogP contribution in [0.3, 0.4) is 0 Å². The van der Waals surface area contributed by atoms with Crippen molar-refractivity contribution in [2.75, 3.05) is 19.6 Å². The van der Waals surface area contributed by atoms with Gasteiger partial charge in [-0.05, 0) is 57.6 Å². The zero-order valence-electron chi connectivity index (χ0n) is 13.8. The van der Waals surface area contributed by atoms with E-state index in [1.54, 1.807) is 0 Å². The Morgan fingerprint density at radius 1 is 1.10 bits per heavy atom. The van der Waals surface area contributed by atoms with Gasteiger partial charge in [-0.1, -0.05) is 50.0 Å².